The second kappa shape index (κ2) is 30.7. The van der Waals surface area contributed by atoms with Crippen LogP contribution in [0.5, 0.6) is 0 Å². The van der Waals surface area contributed by atoms with Crippen LogP contribution in [-0.4, -0.2) is 77.5 Å². The van der Waals surface area contributed by atoms with Crippen LogP contribution in [0.4, 0.5) is 4.39 Å². The summed E-state index contributed by atoms with van der Waals surface area (Å²) in [6, 6.07) is 73.3. The number of benzene rings is 5. The van der Waals surface area contributed by atoms with Crippen LogP contribution in [-0.2, 0) is 105 Å². The Morgan fingerprint density at radius 1 is 0.549 bits per heavy atom. The predicted octanol–water partition coefficient (Wildman–Crippen LogP) is 15.5. The van der Waals surface area contributed by atoms with Gasteiger partial charge in [-0.05, 0) is 158 Å². The first-order valence-corrected chi connectivity index (χ1v) is 33.1. The van der Waals surface area contributed by atoms with Gasteiger partial charge in [-0.25, -0.2) is 8.91 Å². The molecule has 0 amide bonds. The summed E-state index contributed by atoms with van der Waals surface area (Å²) in [7, 11) is 0.638. The van der Waals surface area contributed by atoms with E-state index in [1.807, 2.05) is 130 Å². The Labute approximate surface area is 656 Å². The van der Waals surface area contributed by atoms with E-state index in [0.717, 1.165) is 88.4 Å². The maximum absolute atomic E-state index is 13.4. The molecule has 3 aliphatic carbocycles. The quantitative estimate of drug-likeness (QED) is 0.114. The Morgan fingerprint density at radius 2 is 1.25 bits per heavy atom. The normalized spacial score (nSPS) is 15.3. The van der Waals surface area contributed by atoms with Crippen LogP contribution < -0.4 is 4.68 Å². The fraction of sp³-hybridized carbons (Fsp3) is 0.115. The molecule has 3 fully saturated rings. The summed E-state index contributed by atoms with van der Waals surface area (Å²) >= 11 is 0. The van der Waals surface area contributed by atoms with Crippen LogP contribution in [0.15, 0.2) is 238 Å². The van der Waals surface area contributed by atoms with Gasteiger partial charge in [0, 0.05) is 147 Å². The Morgan fingerprint density at radius 3 is 2.05 bits per heavy atom. The van der Waals surface area contributed by atoms with E-state index in [1.165, 1.54) is 76.3 Å². The standard InChI is InChI=1S/C16H10N3.C15H16N4P.C15H9N2.C11H6FN2.C11H7N2.C10H7N4.5Pt/c1-2-5-12(6-3-1)13-7-4-8-15-14(13)9-10-19-11-17-18-16(15)19;1-2-10-12-8-4-6-9(7-5-8)14(12)18-15-13(10)11(3-1)20-19(15)17-16-18;1-2-6-13-12(4-1)10-14-15-11(5-3-8-16-15)7-9-17(13)14;12-9-3-5-13-11-8(9)4-7-14-6-1-2-10(11)14;1-3-9-5-8-13-7-2-4-10(13)11(9)12-6-1;1-7-2-3-9-8(6-7)4-5-14-10(9)11-12-13-14;;;;;/h1-7,9-11H;1-3,8-9,12,14,20H,4-7H2;1-9H;1,3-7H;1-3,5-8H;2,4-6H,1H3;;;;;/q-1;+1;4*-1;;;;;. The van der Waals surface area contributed by atoms with Crippen LogP contribution in [0.3, 0.4) is 0 Å². The van der Waals surface area contributed by atoms with E-state index in [0.29, 0.717) is 31.2 Å². The summed E-state index contributed by atoms with van der Waals surface area (Å²) in [4.78, 5) is 12.9. The first-order valence-electron chi connectivity index (χ1n) is 32.2. The molecule has 24 rings (SSSR count). The molecule has 0 spiro atoms. The fourth-order valence-electron chi connectivity index (χ4n) is 14.8. The zero-order chi connectivity index (χ0) is 64.5. The van der Waals surface area contributed by atoms with Gasteiger partial charge >= 0.3 is 0 Å². The Kier molecular flexibility index (Phi) is 21.6. The molecule has 3 atom stereocenters. The van der Waals surface area contributed by atoms with Crippen molar-refractivity contribution in [3.05, 3.63) is 285 Å². The van der Waals surface area contributed by atoms with Gasteiger partial charge < -0.3 is 32.6 Å². The van der Waals surface area contributed by atoms with Gasteiger partial charge in [0.15, 0.2) is 5.21 Å². The summed E-state index contributed by atoms with van der Waals surface area (Å²) in [5, 5.41) is 39.6. The first-order chi connectivity index (χ1) is 47.9. The third-order valence-electron chi connectivity index (χ3n) is 19.1. The maximum atomic E-state index is 13.4. The summed E-state index contributed by atoms with van der Waals surface area (Å²) in [5.74, 6) is 2.14. The molecule has 518 valence electrons. The molecule has 102 heavy (non-hydrogen) atoms. The number of aryl methyl sites for hydroxylation is 1. The molecule has 20 aromatic rings. The molecule has 3 saturated carbocycles. The third kappa shape index (κ3) is 13.0. The predicted molar refractivity (Wildman–Crippen MR) is 376 cm³/mol. The van der Waals surface area contributed by atoms with E-state index in [1.54, 1.807) is 34.7 Å². The van der Waals surface area contributed by atoms with Crippen molar-refractivity contribution in [2.45, 2.75) is 44.6 Å². The summed E-state index contributed by atoms with van der Waals surface area (Å²) < 4.78 is 27.4. The van der Waals surface area contributed by atoms with Crippen LogP contribution in [0, 0.1) is 54.9 Å². The zero-order valence-corrected chi connectivity index (χ0v) is 66.1. The molecule has 17 nitrogen and oxygen atoms in total. The number of fused-ring (bicyclic) bond motifs is 19. The zero-order valence-electron chi connectivity index (χ0n) is 53.7. The van der Waals surface area contributed by atoms with E-state index >= 15 is 0 Å². The second-order valence-electron chi connectivity index (χ2n) is 24.6. The number of hydrogen-bond donors (Lipinski definition) is 0. The van der Waals surface area contributed by atoms with Crippen molar-refractivity contribution in [2.75, 3.05) is 0 Å². The van der Waals surface area contributed by atoms with Gasteiger partial charge in [-0.2, -0.15) is 34.5 Å². The molecule has 0 N–H and O–H groups in total. The van der Waals surface area contributed by atoms with Crippen LogP contribution in [0.2, 0.25) is 0 Å². The monoisotopic (exact) mass is 2250 g/mol. The topological polar surface area (TPSA) is 159 Å². The van der Waals surface area contributed by atoms with Crippen molar-refractivity contribution >= 4 is 118 Å². The van der Waals surface area contributed by atoms with Gasteiger partial charge in [0.2, 0.25) is 0 Å². The van der Waals surface area contributed by atoms with Gasteiger partial charge in [0.25, 0.3) is 5.65 Å². The molecular weight excluding hydrogens is 2200 g/mol. The minimum Gasteiger partial charge on any atom is -0.397 e. The van der Waals surface area contributed by atoms with Gasteiger partial charge in [0.05, 0.1) is 19.4 Å². The minimum atomic E-state index is -0.243. The van der Waals surface area contributed by atoms with E-state index in [4.69, 9.17) is 0 Å². The van der Waals surface area contributed by atoms with Crippen molar-refractivity contribution in [1.82, 2.24) is 77.5 Å². The number of tetrazole rings is 2. The fourth-order valence-corrected chi connectivity index (χ4v) is 15.9. The smallest absolute Gasteiger partial charge is 0.298 e. The molecule has 0 saturated heterocycles. The molecule has 15 aromatic heterocycles. The van der Waals surface area contributed by atoms with Gasteiger partial charge in [-0.15, -0.1) is 80.7 Å². The average molecular weight is 2260 g/mol. The van der Waals surface area contributed by atoms with Crippen LogP contribution in [0.1, 0.15) is 48.8 Å². The minimum absolute atomic E-state index is 0. The number of nitrogens with zero attached hydrogens (tertiary/aromatic N) is 17. The summed E-state index contributed by atoms with van der Waals surface area (Å²) in [5.41, 5.74) is 14.8. The number of hydrogen-bond acceptors (Lipinski definition) is 10. The SMILES string of the molecule is Cc1c[c-]c2c(ccn3nnnc23)c1.Fc1ccnc2c1ccn1cc[c-]c21.[Pt].[Pt].[Pt].[Pt].[Pt].[c-]1c2ccccc2n2ccc3cccnc3c12.[c-]1ccc(-c2ccccc2)c2ccn3cnnc3c12.[c-]1ccn2ccc3cccnc3c12.c1cc2c3c(c1)[pH]n1nn[n+](c31)C1C3CCC(CC3)C21. The molecule has 3 unspecified atom stereocenters. The number of halogens is 1. The summed E-state index contributed by atoms with van der Waals surface area (Å²) in [6.45, 7) is 2.04. The van der Waals surface area contributed by atoms with Gasteiger partial charge in [0.1, 0.15) is 29.0 Å². The van der Waals surface area contributed by atoms with E-state index in [2.05, 4.69) is 186 Å². The molecule has 24 heteroatoms. The van der Waals surface area contributed by atoms with Crippen molar-refractivity contribution in [3.63, 3.8) is 0 Å². The Hall–Kier alpha value is -8.70. The van der Waals surface area contributed by atoms with Crippen molar-refractivity contribution in [3.8, 4) is 11.1 Å². The average Bonchev–Trinajstić information content (AvgIpc) is 1.49. The molecule has 4 aliphatic rings. The van der Waals surface area contributed by atoms with Crippen LogP contribution in [0.25, 0.3) is 120 Å². The maximum Gasteiger partial charge on any atom is 0.298 e. The Bertz CT molecular complexity index is 6360. The van der Waals surface area contributed by atoms with Gasteiger partial charge in [-0.1, -0.05) is 142 Å². The van der Waals surface area contributed by atoms with Gasteiger partial charge in [-0.3, -0.25) is 0 Å². The van der Waals surface area contributed by atoms with Crippen molar-refractivity contribution in [2.24, 2.45) is 11.8 Å². The molecule has 1 aliphatic heterocycles. The Balaban J connectivity index is 0.000000109. The van der Waals surface area contributed by atoms with E-state index in [9.17, 15) is 4.39 Å². The molecule has 5 aromatic carbocycles. The first kappa shape index (κ1) is 71.7. The molecule has 16 heterocycles. The number of rotatable bonds is 1. The van der Waals surface area contributed by atoms with E-state index < -0.39 is 0 Å². The van der Waals surface area contributed by atoms with Crippen LogP contribution >= 0.6 is 8.35 Å². The van der Waals surface area contributed by atoms with Crippen molar-refractivity contribution in [1.29, 1.82) is 0 Å². The molecule has 0 radical (unpaired) electrons. The molecular formula is C78H55FN17PPt5-4. The number of para-hydroxylation sites is 1. The van der Waals surface area contributed by atoms with Crippen molar-refractivity contribution < 1.29 is 114 Å². The second-order valence-corrected chi connectivity index (χ2v) is 25.8. The van der Waals surface area contributed by atoms with E-state index in [-0.39, 0.29) is 111 Å². The third-order valence-corrected chi connectivity index (χ3v) is 20.3. The number of pyridine rings is 8. The number of aromatic nitrogens is 17. The molecule has 2 bridgehead atoms. The largest absolute Gasteiger partial charge is 0.397 e. The summed E-state index contributed by atoms with van der Waals surface area (Å²) in [6.07, 6.45) is 26.0.